The van der Waals surface area contributed by atoms with Gasteiger partial charge in [-0.1, -0.05) is 30.3 Å². The van der Waals surface area contributed by atoms with Gasteiger partial charge in [0.2, 0.25) is 5.91 Å². The van der Waals surface area contributed by atoms with Crippen LogP contribution >= 0.6 is 0 Å². The topological polar surface area (TPSA) is 81.3 Å². The lowest BCUT2D eigenvalue weighted by atomic mass is 9.96. The van der Waals surface area contributed by atoms with E-state index >= 15 is 0 Å². The molecule has 6 heteroatoms. The van der Waals surface area contributed by atoms with E-state index in [1.54, 1.807) is 42.5 Å². The predicted molar refractivity (Wildman–Crippen MR) is 126 cm³/mol. The van der Waals surface area contributed by atoms with Gasteiger partial charge in [-0.3, -0.25) is 14.4 Å². The first-order chi connectivity index (χ1) is 15.5. The average molecular weight is 420 g/mol. The highest BCUT2D eigenvalue weighted by molar-refractivity contribution is 6.26. The van der Waals surface area contributed by atoms with Crippen LogP contribution in [0.3, 0.4) is 0 Å². The molecular weight excluding hydrogens is 404 g/mol. The minimum Gasteiger partial charge on any atom is -0.456 e. The van der Waals surface area contributed by atoms with Crippen molar-refractivity contribution >= 4 is 55.1 Å². The van der Waals surface area contributed by atoms with E-state index in [0.29, 0.717) is 33.1 Å². The van der Waals surface area contributed by atoms with E-state index in [2.05, 4.69) is 5.32 Å². The van der Waals surface area contributed by atoms with Crippen molar-refractivity contribution in [3.8, 4) is 5.69 Å². The summed E-state index contributed by atoms with van der Waals surface area (Å²) >= 11 is 0. The number of para-hydroxylation sites is 1. The summed E-state index contributed by atoms with van der Waals surface area (Å²) in [5.41, 5.74) is 1.45. The molecule has 0 spiro atoms. The Balaban J connectivity index is 1.75. The number of aromatic nitrogens is 1. The first-order valence-corrected chi connectivity index (χ1v) is 10.2. The summed E-state index contributed by atoms with van der Waals surface area (Å²) in [6, 6.07) is 21.6. The molecule has 1 N–H and O–H groups in total. The van der Waals surface area contributed by atoms with E-state index in [1.165, 1.54) is 6.92 Å². The summed E-state index contributed by atoms with van der Waals surface area (Å²) in [5, 5.41) is 6.80. The molecule has 0 unspecified atom stereocenters. The Morgan fingerprint density at radius 2 is 1.47 bits per heavy atom. The SMILES string of the molecule is CC(=O)Nc1cccc(-n2c(=O)c3ccc4oc5ccccc5c5ccc(c2=O)c3c45)c1. The number of pyridine rings is 1. The standard InChI is InChI=1S/C26H16N2O4/c1-14(29)27-15-5-4-6-16(13-15)28-25(30)19-10-9-18-17-7-2-3-8-21(17)32-22-12-11-20(26(28)31)23(19)24(18)22/h2-13H,1H3,(H,27,29). The molecule has 6 aromatic rings. The van der Waals surface area contributed by atoms with Crippen molar-refractivity contribution in [2.24, 2.45) is 0 Å². The van der Waals surface area contributed by atoms with E-state index in [1.807, 2.05) is 30.3 Å². The second-order valence-corrected chi connectivity index (χ2v) is 7.80. The van der Waals surface area contributed by atoms with Crippen LogP contribution in [0.2, 0.25) is 0 Å². The van der Waals surface area contributed by atoms with Crippen LogP contribution in [0.4, 0.5) is 5.69 Å². The molecular formula is C26H16N2O4. The summed E-state index contributed by atoms with van der Waals surface area (Å²) in [7, 11) is 0. The first kappa shape index (κ1) is 18.3. The molecule has 4 aromatic carbocycles. The van der Waals surface area contributed by atoms with Gasteiger partial charge in [0.05, 0.1) is 5.69 Å². The smallest absolute Gasteiger partial charge is 0.265 e. The average Bonchev–Trinajstić information content (AvgIpc) is 2.78. The highest BCUT2D eigenvalue weighted by Gasteiger charge is 2.19. The van der Waals surface area contributed by atoms with Gasteiger partial charge in [0.15, 0.2) is 0 Å². The molecule has 0 saturated carbocycles. The number of anilines is 1. The maximum Gasteiger partial charge on any atom is 0.265 e. The van der Waals surface area contributed by atoms with Gasteiger partial charge >= 0.3 is 0 Å². The molecule has 6 nitrogen and oxygen atoms in total. The fourth-order valence-corrected chi connectivity index (χ4v) is 4.52. The van der Waals surface area contributed by atoms with Crippen molar-refractivity contribution in [3.63, 3.8) is 0 Å². The third-order valence-corrected chi connectivity index (χ3v) is 5.81. The largest absolute Gasteiger partial charge is 0.456 e. The molecule has 0 aliphatic rings. The Hall–Kier alpha value is -4.45. The highest BCUT2D eigenvalue weighted by Crippen LogP contribution is 2.36. The van der Waals surface area contributed by atoms with Gasteiger partial charge < -0.3 is 9.73 Å². The lowest BCUT2D eigenvalue weighted by molar-refractivity contribution is -0.114. The lowest BCUT2D eigenvalue weighted by Crippen LogP contribution is -2.32. The molecule has 1 amide bonds. The molecule has 0 aliphatic carbocycles. The van der Waals surface area contributed by atoms with Crippen LogP contribution in [0.15, 0.2) is 86.8 Å². The van der Waals surface area contributed by atoms with E-state index in [9.17, 15) is 14.4 Å². The number of fused-ring (bicyclic) bond motifs is 2. The molecule has 2 aromatic heterocycles. The van der Waals surface area contributed by atoms with Gasteiger partial charge in [-0.25, -0.2) is 4.57 Å². The number of hydrogen-bond donors (Lipinski definition) is 1. The number of carbonyl (C=O) groups excluding carboxylic acids is 1. The minimum absolute atomic E-state index is 0.233. The fraction of sp³-hybridized carbons (Fsp3) is 0.0385. The van der Waals surface area contributed by atoms with Crippen molar-refractivity contribution in [1.82, 2.24) is 4.57 Å². The molecule has 32 heavy (non-hydrogen) atoms. The van der Waals surface area contributed by atoms with E-state index in [-0.39, 0.29) is 5.91 Å². The third kappa shape index (κ3) is 2.50. The van der Waals surface area contributed by atoms with Crippen molar-refractivity contribution in [3.05, 3.63) is 93.5 Å². The van der Waals surface area contributed by atoms with Crippen molar-refractivity contribution < 1.29 is 9.21 Å². The van der Waals surface area contributed by atoms with E-state index in [0.717, 1.165) is 26.3 Å². The highest BCUT2D eigenvalue weighted by atomic mass is 16.3. The normalized spacial score (nSPS) is 11.7. The minimum atomic E-state index is -0.412. The van der Waals surface area contributed by atoms with Crippen LogP contribution < -0.4 is 16.4 Å². The second kappa shape index (κ2) is 6.52. The number of nitrogens with one attached hydrogen (secondary N) is 1. The zero-order chi connectivity index (χ0) is 22.0. The maximum atomic E-state index is 13.5. The second-order valence-electron chi connectivity index (χ2n) is 7.80. The van der Waals surface area contributed by atoms with Crippen LogP contribution in [0.25, 0.3) is 49.2 Å². The van der Waals surface area contributed by atoms with Crippen molar-refractivity contribution in [1.29, 1.82) is 0 Å². The first-order valence-electron chi connectivity index (χ1n) is 10.2. The summed E-state index contributed by atoms with van der Waals surface area (Å²) in [4.78, 5) is 38.4. The van der Waals surface area contributed by atoms with Gasteiger partial charge in [0, 0.05) is 39.5 Å². The monoisotopic (exact) mass is 420 g/mol. The Kier molecular flexibility index (Phi) is 3.74. The van der Waals surface area contributed by atoms with Crippen LogP contribution in [0.1, 0.15) is 6.92 Å². The molecule has 0 atom stereocenters. The quantitative estimate of drug-likeness (QED) is 0.322. The Morgan fingerprint density at radius 3 is 2.25 bits per heavy atom. The fourth-order valence-electron chi connectivity index (χ4n) is 4.52. The Labute approximate surface area is 180 Å². The van der Waals surface area contributed by atoms with Gasteiger partial charge in [-0.05, 0) is 47.9 Å². The third-order valence-electron chi connectivity index (χ3n) is 5.81. The van der Waals surface area contributed by atoms with E-state index in [4.69, 9.17) is 4.42 Å². The van der Waals surface area contributed by atoms with Gasteiger partial charge in [0.25, 0.3) is 11.1 Å². The van der Waals surface area contributed by atoms with Crippen LogP contribution in [0, 0.1) is 0 Å². The lowest BCUT2D eigenvalue weighted by Gasteiger charge is -2.14. The Morgan fingerprint density at radius 1 is 0.750 bits per heavy atom. The summed E-state index contributed by atoms with van der Waals surface area (Å²) in [6.07, 6.45) is 0. The van der Waals surface area contributed by atoms with Crippen molar-refractivity contribution in [2.45, 2.75) is 6.92 Å². The molecule has 6 rings (SSSR count). The molecule has 0 saturated heterocycles. The van der Waals surface area contributed by atoms with Crippen molar-refractivity contribution in [2.75, 3.05) is 5.32 Å². The summed E-state index contributed by atoms with van der Waals surface area (Å²) in [5.74, 6) is -0.233. The van der Waals surface area contributed by atoms with Gasteiger partial charge in [-0.2, -0.15) is 0 Å². The number of amides is 1. The zero-order valence-corrected chi connectivity index (χ0v) is 17.0. The van der Waals surface area contributed by atoms with Gasteiger partial charge in [0.1, 0.15) is 11.2 Å². The number of nitrogens with zero attached hydrogens (tertiary/aromatic N) is 1. The van der Waals surface area contributed by atoms with E-state index < -0.39 is 11.1 Å². The Bertz CT molecular complexity index is 1800. The summed E-state index contributed by atoms with van der Waals surface area (Å²) < 4.78 is 7.24. The van der Waals surface area contributed by atoms with Gasteiger partial charge in [-0.15, -0.1) is 0 Å². The van der Waals surface area contributed by atoms with Crippen LogP contribution in [-0.2, 0) is 4.79 Å². The molecule has 0 bridgehead atoms. The molecule has 0 aliphatic heterocycles. The molecule has 0 radical (unpaired) electrons. The summed E-state index contributed by atoms with van der Waals surface area (Å²) in [6.45, 7) is 1.40. The maximum absolute atomic E-state index is 13.5. The molecule has 0 fully saturated rings. The predicted octanol–water partition coefficient (Wildman–Crippen LogP) is 4.80. The molecule has 154 valence electrons. The molecule has 2 heterocycles. The number of carbonyl (C=O) groups is 1. The number of rotatable bonds is 2. The number of benzene rings is 4. The number of hydrogen-bond acceptors (Lipinski definition) is 4. The zero-order valence-electron chi connectivity index (χ0n) is 17.0. The van der Waals surface area contributed by atoms with Crippen LogP contribution in [-0.4, -0.2) is 10.5 Å². The van der Waals surface area contributed by atoms with Crippen LogP contribution in [0.5, 0.6) is 0 Å².